The summed E-state index contributed by atoms with van der Waals surface area (Å²) in [6.07, 6.45) is 0.789. The lowest BCUT2D eigenvalue weighted by molar-refractivity contribution is 0.163. The fourth-order valence-electron chi connectivity index (χ4n) is 0.347. The highest BCUT2D eigenvalue weighted by Gasteiger charge is 1.91. The quantitative estimate of drug-likeness (QED) is 0.553. The van der Waals surface area contributed by atoms with Crippen molar-refractivity contribution in [3.63, 3.8) is 0 Å². The van der Waals surface area contributed by atoms with Crippen LogP contribution in [0.4, 0.5) is 4.79 Å². The molecule has 0 bridgehead atoms. The summed E-state index contributed by atoms with van der Waals surface area (Å²) in [4.78, 5) is 13.8. The van der Waals surface area contributed by atoms with Crippen molar-refractivity contribution in [2.45, 2.75) is 6.92 Å². The molecule has 10 heavy (non-hydrogen) atoms. The van der Waals surface area contributed by atoms with Gasteiger partial charge in [-0.1, -0.05) is 0 Å². The number of nitrogens with zero attached hydrogens (tertiary/aromatic N) is 1. The summed E-state index contributed by atoms with van der Waals surface area (Å²) in [6.45, 7) is 2.41. The molecule has 0 saturated carbocycles. The van der Waals surface area contributed by atoms with Gasteiger partial charge in [-0.3, -0.25) is 0 Å². The highest BCUT2D eigenvalue weighted by molar-refractivity contribution is 5.79. The zero-order valence-corrected chi connectivity index (χ0v) is 6.16. The Labute approximate surface area is 59.8 Å². The lowest BCUT2D eigenvalue weighted by atomic mass is 10.8. The predicted octanol–water partition coefficient (Wildman–Crippen LogP) is 0.860. The molecule has 4 nitrogen and oxygen atoms in total. The minimum atomic E-state index is -0.570. The third-order valence-corrected chi connectivity index (χ3v) is 0.706. The maximum atomic E-state index is 10.4. The third-order valence-electron chi connectivity index (χ3n) is 0.706. The fourth-order valence-corrected chi connectivity index (χ4v) is 0.347. The molecule has 1 amide bonds. The Morgan fingerprint density at radius 2 is 2.40 bits per heavy atom. The molecular weight excluding hydrogens is 134 g/mol. The van der Waals surface area contributed by atoms with Crippen molar-refractivity contribution < 1.29 is 14.3 Å². The van der Waals surface area contributed by atoms with Gasteiger partial charge in [-0.2, -0.15) is 4.99 Å². The van der Waals surface area contributed by atoms with Gasteiger partial charge in [0, 0.05) is 13.3 Å². The number of ether oxygens (including phenoxy) is 2. The third kappa shape index (κ3) is 5.24. The van der Waals surface area contributed by atoms with Crippen LogP contribution in [-0.4, -0.2) is 32.6 Å². The molecular formula is C6H11NO3. The van der Waals surface area contributed by atoms with Crippen molar-refractivity contribution >= 4 is 12.3 Å². The zero-order valence-electron chi connectivity index (χ0n) is 6.16. The summed E-state index contributed by atoms with van der Waals surface area (Å²) in [5, 5.41) is 0. The van der Waals surface area contributed by atoms with E-state index in [1.165, 1.54) is 13.3 Å². The Bertz CT molecular complexity index is 122. The molecule has 0 fully saturated rings. The molecule has 0 N–H and O–H groups in total. The molecule has 0 aromatic heterocycles. The van der Waals surface area contributed by atoms with Crippen LogP contribution >= 0.6 is 0 Å². The van der Waals surface area contributed by atoms with E-state index in [9.17, 15) is 4.79 Å². The number of hydrogen-bond donors (Lipinski definition) is 0. The average Bonchev–Trinajstić information content (AvgIpc) is 1.89. The van der Waals surface area contributed by atoms with Gasteiger partial charge in [-0.05, 0) is 6.92 Å². The number of methoxy groups -OCH3 is 1. The molecule has 0 atom stereocenters. The molecule has 4 heteroatoms. The van der Waals surface area contributed by atoms with Gasteiger partial charge in [0.1, 0.15) is 0 Å². The largest absolute Gasteiger partial charge is 0.448 e. The van der Waals surface area contributed by atoms with E-state index in [4.69, 9.17) is 0 Å². The average molecular weight is 145 g/mol. The van der Waals surface area contributed by atoms with Crippen LogP contribution in [0.2, 0.25) is 0 Å². The smallest absolute Gasteiger partial charge is 0.433 e. The molecule has 0 aliphatic carbocycles. The summed E-state index contributed by atoms with van der Waals surface area (Å²) in [7, 11) is 1.52. The fraction of sp³-hybridized carbons (Fsp3) is 0.667. The second-order valence-electron chi connectivity index (χ2n) is 1.47. The molecule has 0 heterocycles. The Kier molecular flexibility index (Phi) is 5.66. The van der Waals surface area contributed by atoms with Crippen LogP contribution in [0.5, 0.6) is 0 Å². The van der Waals surface area contributed by atoms with Gasteiger partial charge in [0.2, 0.25) is 0 Å². The summed E-state index contributed by atoms with van der Waals surface area (Å²) in [5.74, 6) is 0. The van der Waals surface area contributed by atoms with Crippen molar-refractivity contribution in [3.05, 3.63) is 0 Å². The molecule has 0 aliphatic rings. The molecule has 0 aliphatic heterocycles. The van der Waals surface area contributed by atoms with E-state index in [1.807, 2.05) is 0 Å². The summed E-state index contributed by atoms with van der Waals surface area (Å²) in [5.41, 5.74) is 0. The van der Waals surface area contributed by atoms with Crippen LogP contribution in [0.25, 0.3) is 0 Å². The van der Waals surface area contributed by atoms with E-state index in [1.54, 1.807) is 6.92 Å². The van der Waals surface area contributed by atoms with E-state index in [2.05, 4.69) is 14.5 Å². The maximum Gasteiger partial charge on any atom is 0.433 e. The Hall–Kier alpha value is -0.900. The first kappa shape index (κ1) is 9.10. The zero-order chi connectivity index (χ0) is 7.82. The standard InChI is InChI=1S/C6H11NO3/c1-3-10-6(8)7-4-5-9-2/h4H,3,5H2,1-2H3. The molecule has 58 valence electrons. The molecule has 0 spiro atoms. The van der Waals surface area contributed by atoms with Crippen LogP contribution in [0.3, 0.4) is 0 Å². The Morgan fingerprint density at radius 3 is 2.90 bits per heavy atom. The normalized spacial score (nSPS) is 10.2. The number of hydrogen-bond acceptors (Lipinski definition) is 3. The molecule has 0 aromatic carbocycles. The van der Waals surface area contributed by atoms with Crippen LogP contribution in [0.15, 0.2) is 4.99 Å². The highest BCUT2D eigenvalue weighted by atomic mass is 16.5. The van der Waals surface area contributed by atoms with Crippen molar-refractivity contribution in [2.75, 3.05) is 20.3 Å². The molecule has 0 aromatic rings. The summed E-state index contributed by atoms with van der Waals surface area (Å²) in [6, 6.07) is 0. The molecule has 0 rings (SSSR count). The molecule has 0 saturated heterocycles. The van der Waals surface area contributed by atoms with Crippen molar-refractivity contribution in [2.24, 2.45) is 4.99 Å². The Balaban J connectivity index is 3.36. The van der Waals surface area contributed by atoms with Crippen LogP contribution in [0, 0.1) is 0 Å². The lowest BCUT2D eigenvalue weighted by Crippen LogP contribution is -1.99. The van der Waals surface area contributed by atoms with Crippen LogP contribution < -0.4 is 0 Å². The van der Waals surface area contributed by atoms with E-state index >= 15 is 0 Å². The van der Waals surface area contributed by atoms with E-state index in [0.717, 1.165) is 0 Å². The monoisotopic (exact) mass is 145 g/mol. The van der Waals surface area contributed by atoms with Gasteiger partial charge < -0.3 is 9.47 Å². The van der Waals surface area contributed by atoms with Crippen LogP contribution in [-0.2, 0) is 9.47 Å². The number of aliphatic imine (C=N–C) groups is 1. The number of carbonyl (C=O) groups is 1. The maximum absolute atomic E-state index is 10.4. The van der Waals surface area contributed by atoms with Gasteiger partial charge in [-0.25, -0.2) is 4.79 Å². The predicted molar refractivity (Wildman–Crippen MR) is 37.4 cm³/mol. The first-order valence-electron chi connectivity index (χ1n) is 2.99. The van der Waals surface area contributed by atoms with Gasteiger partial charge in [0.15, 0.2) is 0 Å². The van der Waals surface area contributed by atoms with Crippen molar-refractivity contribution in [3.8, 4) is 0 Å². The number of carbonyl (C=O) groups excluding carboxylic acids is 1. The first-order chi connectivity index (χ1) is 4.81. The molecule has 0 radical (unpaired) electrons. The van der Waals surface area contributed by atoms with E-state index < -0.39 is 6.09 Å². The van der Waals surface area contributed by atoms with Crippen LogP contribution in [0.1, 0.15) is 6.92 Å². The van der Waals surface area contributed by atoms with Gasteiger partial charge in [-0.15, -0.1) is 0 Å². The SMILES string of the molecule is CCOC(=O)N=CCOC. The topological polar surface area (TPSA) is 47.9 Å². The summed E-state index contributed by atoms with van der Waals surface area (Å²) >= 11 is 0. The lowest BCUT2D eigenvalue weighted by Gasteiger charge is -1.92. The van der Waals surface area contributed by atoms with Gasteiger partial charge in [0.05, 0.1) is 13.2 Å². The second-order valence-corrected chi connectivity index (χ2v) is 1.47. The minimum absolute atomic E-state index is 0.332. The first-order valence-corrected chi connectivity index (χ1v) is 2.99. The Morgan fingerprint density at radius 1 is 1.70 bits per heavy atom. The van der Waals surface area contributed by atoms with Crippen molar-refractivity contribution in [1.29, 1.82) is 0 Å². The highest BCUT2D eigenvalue weighted by Crippen LogP contribution is 1.80. The summed E-state index contributed by atoms with van der Waals surface area (Å²) < 4.78 is 9.11. The van der Waals surface area contributed by atoms with Gasteiger partial charge >= 0.3 is 6.09 Å². The number of rotatable bonds is 3. The van der Waals surface area contributed by atoms with E-state index in [-0.39, 0.29) is 0 Å². The molecule has 0 unspecified atom stereocenters. The minimum Gasteiger partial charge on any atom is -0.448 e. The van der Waals surface area contributed by atoms with Gasteiger partial charge in [0.25, 0.3) is 0 Å². The number of amides is 1. The van der Waals surface area contributed by atoms with Crippen molar-refractivity contribution in [1.82, 2.24) is 0 Å². The second kappa shape index (κ2) is 6.22. The van der Waals surface area contributed by atoms with E-state index in [0.29, 0.717) is 13.2 Å².